The summed E-state index contributed by atoms with van der Waals surface area (Å²) in [5.41, 5.74) is 11.1. The molecule has 3 N–H and O–H groups in total. The van der Waals surface area contributed by atoms with Crippen molar-refractivity contribution < 1.29 is 0 Å². The van der Waals surface area contributed by atoms with Crippen LogP contribution in [0.4, 0.5) is 5.69 Å². The molecule has 0 radical (unpaired) electrons. The molecule has 3 atom stereocenters. The third-order valence-electron chi connectivity index (χ3n) is 4.90. The van der Waals surface area contributed by atoms with E-state index in [1.807, 2.05) is 12.1 Å². The average Bonchev–Trinajstić information content (AvgIpc) is 2.83. The molecule has 0 saturated carbocycles. The molecule has 2 aliphatic carbocycles. The third-order valence-corrected chi connectivity index (χ3v) is 4.90. The maximum atomic E-state index is 5.84. The molecular weight excluding hydrogens is 244 g/mol. The van der Waals surface area contributed by atoms with E-state index in [0.29, 0.717) is 17.8 Å². The molecule has 1 fully saturated rings. The number of nitrogen functional groups attached to an aromatic ring is 1. The van der Waals surface area contributed by atoms with Gasteiger partial charge in [0.15, 0.2) is 0 Å². The second-order valence-electron chi connectivity index (χ2n) is 6.01. The Bertz CT molecular complexity index is 607. The molecule has 0 spiro atoms. The van der Waals surface area contributed by atoms with Crippen LogP contribution in [-0.2, 0) is 0 Å². The van der Waals surface area contributed by atoms with E-state index >= 15 is 0 Å². The molecule has 1 heterocycles. The van der Waals surface area contributed by atoms with Crippen molar-refractivity contribution in [3.05, 3.63) is 65.4 Å². The van der Waals surface area contributed by atoms with Crippen LogP contribution in [0.15, 0.2) is 59.8 Å². The van der Waals surface area contributed by atoms with Crippen molar-refractivity contribution in [1.82, 2.24) is 5.32 Å². The first-order valence-electron chi connectivity index (χ1n) is 7.53. The number of hydrogen-bond acceptors (Lipinski definition) is 2. The van der Waals surface area contributed by atoms with Gasteiger partial charge in [-0.3, -0.25) is 0 Å². The molecule has 1 aromatic rings. The number of hydrogen-bond donors (Lipinski definition) is 2. The summed E-state index contributed by atoms with van der Waals surface area (Å²) in [6.07, 6.45) is 11.6. The number of nitrogens with two attached hydrogens (primary N) is 1. The van der Waals surface area contributed by atoms with E-state index in [9.17, 15) is 0 Å². The summed E-state index contributed by atoms with van der Waals surface area (Å²) in [6.45, 7) is 1.12. The molecule has 0 aromatic heterocycles. The number of piperidine rings is 1. The highest BCUT2D eigenvalue weighted by atomic mass is 14.9. The molecule has 20 heavy (non-hydrogen) atoms. The summed E-state index contributed by atoms with van der Waals surface area (Å²) in [7, 11) is 0. The number of fused-ring (bicyclic) bond motifs is 2. The molecule has 2 nitrogen and oxygen atoms in total. The fourth-order valence-electron chi connectivity index (χ4n) is 4.04. The van der Waals surface area contributed by atoms with Crippen LogP contribution < -0.4 is 11.1 Å². The van der Waals surface area contributed by atoms with Crippen molar-refractivity contribution in [3.8, 4) is 0 Å². The SMILES string of the molecule is Nc1ccc(C2C3C=CC=CC3=C3NCCCC32)cc1. The molecule has 102 valence electrons. The van der Waals surface area contributed by atoms with Crippen LogP contribution in [-0.4, -0.2) is 6.54 Å². The minimum absolute atomic E-state index is 0.522. The Morgan fingerprint density at radius 2 is 1.95 bits per heavy atom. The monoisotopic (exact) mass is 264 g/mol. The van der Waals surface area contributed by atoms with Crippen LogP contribution >= 0.6 is 0 Å². The van der Waals surface area contributed by atoms with Crippen molar-refractivity contribution in [2.24, 2.45) is 11.8 Å². The van der Waals surface area contributed by atoms with Crippen LogP contribution in [0.5, 0.6) is 0 Å². The summed E-state index contributed by atoms with van der Waals surface area (Å²) in [6, 6.07) is 8.49. The van der Waals surface area contributed by atoms with Crippen LogP contribution in [0.25, 0.3) is 0 Å². The van der Waals surface area contributed by atoms with Gasteiger partial charge in [-0.1, -0.05) is 36.4 Å². The van der Waals surface area contributed by atoms with Gasteiger partial charge in [-0.2, -0.15) is 0 Å². The lowest BCUT2D eigenvalue weighted by Crippen LogP contribution is -2.28. The Kier molecular flexibility index (Phi) is 2.69. The number of allylic oxidation sites excluding steroid dienone is 6. The van der Waals surface area contributed by atoms with E-state index in [1.54, 1.807) is 0 Å². The zero-order chi connectivity index (χ0) is 13.5. The minimum atomic E-state index is 0.522. The van der Waals surface area contributed by atoms with Crippen LogP contribution in [0.3, 0.4) is 0 Å². The molecule has 0 bridgehead atoms. The van der Waals surface area contributed by atoms with Gasteiger partial charge >= 0.3 is 0 Å². The van der Waals surface area contributed by atoms with E-state index in [1.165, 1.54) is 29.7 Å². The Balaban J connectivity index is 1.78. The number of anilines is 1. The predicted molar refractivity (Wildman–Crippen MR) is 83.1 cm³/mol. The van der Waals surface area contributed by atoms with Gasteiger partial charge in [0.25, 0.3) is 0 Å². The highest BCUT2D eigenvalue weighted by Gasteiger charge is 2.42. The van der Waals surface area contributed by atoms with Gasteiger partial charge in [-0.05, 0) is 36.1 Å². The van der Waals surface area contributed by atoms with Crippen molar-refractivity contribution in [3.63, 3.8) is 0 Å². The summed E-state index contributed by atoms with van der Waals surface area (Å²) in [5, 5.41) is 3.66. The number of rotatable bonds is 1. The first kappa shape index (κ1) is 11.8. The lowest BCUT2D eigenvalue weighted by Gasteiger charge is -2.30. The molecule has 2 heteroatoms. The van der Waals surface area contributed by atoms with Gasteiger partial charge in [0.1, 0.15) is 0 Å². The van der Waals surface area contributed by atoms with Crippen LogP contribution in [0.1, 0.15) is 24.3 Å². The highest BCUT2D eigenvalue weighted by Crippen LogP contribution is 2.51. The molecule has 0 amide bonds. The first-order chi connectivity index (χ1) is 9.84. The van der Waals surface area contributed by atoms with Crippen molar-refractivity contribution in [2.75, 3.05) is 12.3 Å². The predicted octanol–water partition coefficient (Wildman–Crippen LogP) is 3.36. The zero-order valence-electron chi connectivity index (χ0n) is 11.5. The Hall–Kier alpha value is -1.96. The molecule has 3 unspecified atom stereocenters. The molecule has 1 aliphatic heterocycles. The second-order valence-corrected chi connectivity index (χ2v) is 6.01. The van der Waals surface area contributed by atoms with Crippen molar-refractivity contribution in [1.29, 1.82) is 0 Å². The molecule has 1 aromatic carbocycles. The van der Waals surface area contributed by atoms with Gasteiger partial charge in [0, 0.05) is 35.7 Å². The molecule has 1 saturated heterocycles. The number of nitrogens with one attached hydrogen (secondary N) is 1. The van der Waals surface area contributed by atoms with Gasteiger partial charge in [-0.15, -0.1) is 0 Å². The third kappa shape index (κ3) is 1.71. The van der Waals surface area contributed by atoms with Gasteiger partial charge < -0.3 is 11.1 Å². The van der Waals surface area contributed by atoms with Crippen LogP contribution in [0.2, 0.25) is 0 Å². The fourth-order valence-corrected chi connectivity index (χ4v) is 4.04. The lowest BCUT2D eigenvalue weighted by atomic mass is 9.77. The maximum Gasteiger partial charge on any atom is 0.0314 e. The van der Waals surface area contributed by atoms with E-state index in [4.69, 9.17) is 5.73 Å². The van der Waals surface area contributed by atoms with E-state index in [-0.39, 0.29) is 0 Å². The Morgan fingerprint density at radius 1 is 1.10 bits per heavy atom. The normalized spacial score (nSPS) is 30.9. The highest BCUT2D eigenvalue weighted by molar-refractivity contribution is 5.49. The summed E-state index contributed by atoms with van der Waals surface area (Å²) < 4.78 is 0. The van der Waals surface area contributed by atoms with Gasteiger partial charge in [-0.25, -0.2) is 0 Å². The largest absolute Gasteiger partial charge is 0.399 e. The smallest absolute Gasteiger partial charge is 0.0314 e. The Morgan fingerprint density at radius 3 is 2.80 bits per heavy atom. The Labute approximate surface area is 120 Å². The van der Waals surface area contributed by atoms with E-state index < -0.39 is 0 Å². The van der Waals surface area contributed by atoms with E-state index in [2.05, 4.69) is 41.8 Å². The first-order valence-corrected chi connectivity index (χ1v) is 7.53. The topological polar surface area (TPSA) is 38.0 Å². The lowest BCUT2D eigenvalue weighted by molar-refractivity contribution is 0.384. The number of benzene rings is 1. The fraction of sp³-hybridized carbons (Fsp3) is 0.333. The van der Waals surface area contributed by atoms with Gasteiger partial charge in [0.05, 0.1) is 0 Å². The van der Waals surface area contributed by atoms with Crippen molar-refractivity contribution in [2.45, 2.75) is 18.8 Å². The molecule has 4 rings (SSSR count). The summed E-state index contributed by atoms with van der Waals surface area (Å²) >= 11 is 0. The average molecular weight is 264 g/mol. The zero-order valence-corrected chi connectivity index (χ0v) is 11.5. The summed E-state index contributed by atoms with van der Waals surface area (Å²) in [5.74, 6) is 1.73. The standard InChI is InChI=1S/C18H20N2/c19-13-9-7-12(8-10-13)17-14-4-1-2-5-15(14)18-16(17)6-3-11-20-18/h1-2,4-5,7-10,14,16-17,20H,3,6,11,19H2. The van der Waals surface area contributed by atoms with Gasteiger partial charge in [0.2, 0.25) is 0 Å². The second kappa shape index (κ2) is 4.55. The molecule has 3 aliphatic rings. The van der Waals surface area contributed by atoms with Crippen LogP contribution in [0, 0.1) is 11.8 Å². The molecular formula is C18H20N2. The minimum Gasteiger partial charge on any atom is -0.399 e. The summed E-state index contributed by atoms with van der Waals surface area (Å²) in [4.78, 5) is 0. The quantitative estimate of drug-likeness (QED) is 0.763. The van der Waals surface area contributed by atoms with Crippen molar-refractivity contribution >= 4 is 5.69 Å². The maximum absolute atomic E-state index is 5.84. The van der Waals surface area contributed by atoms with E-state index in [0.717, 1.165) is 12.2 Å².